The smallest absolute Gasteiger partial charge is 0.261 e. The molecule has 1 aromatic rings. The summed E-state index contributed by atoms with van der Waals surface area (Å²) in [7, 11) is 1.08. The second-order valence-electron chi connectivity index (χ2n) is 2.81. The van der Waals surface area contributed by atoms with Crippen molar-refractivity contribution in [1.29, 1.82) is 0 Å². The molecule has 1 rings (SSSR count). The van der Waals surface area contributed by atoms with Crippen molar-refractivity contribution < 1.29 is 17.6 Å². The van der Waals surface area contributed by atoms with E-state index in [0.717, 1.165) is 12.1 Å². The molecule has 0 saturated heterocycles. The summed E-state index contributed by atoms with van der Waals surface area (Å²) in [5.74, 6) is -0.878. The van der Waals surface area contributed by atoms with E-state index in [9.17, 15) is 17.6 Å². The normalized spacial score (nSPS) is 11.5. The first-order valence-electron chi connectivity index (χ1n) is 3.68. The molecule has 0 aliphatic rings. The van der Waals surface area contributed by atoms with Crippen molar-refractivity contribution in [3.05, 3.63) is 29.1 Å². The van der Waals surface area contributed by atoms with Crippen LogP contribution in [0.4, 0.5) is 4.39 Å². The topological polar surface area (TPSA) is 51.2 Å². The number of carbonyl (C=O) groups excluding carboxylic acids is 1. The predicted octanol–water partition coefficient (Wildman–Crippen LogP) is 2.44. The highest BCUT2D eigenvalue weighted by molar-refractivity contribution is 8.13. The third-order valence-electron chi connectivity index (χ3n) is 1.74. The van der Waals surface area contributed by atoms with E-state index in [0.29, 0.717) is 0 Å². The van der Waals surface area contributed by atoms with Crippen LogP contribution < -0.4 is 0 Å². The van der Waals surface area contributed by atoms with Crippen molar-refractivity contribution in [3.63, 3.8) is 0 Å². The number of benzene rings is 1. The summed E-state index contributed by atoms with van der Waals surface area (Å²) < 4.78 is 35.2. The first kappa shape index (κ1) is 12.4. The van der Waals surface area contributed by atoms with Gasteiger partial charge in [0.25, 0.3) is 14.3 Å². The minimum atomic E-state index is -4.01. The summed E-state index contributed by atoms with van der Waals surface area (Å²) in [5.41, 5.74) is -0.398. The van der Waals surface area contributed by atoms with Crippen molar-refractivity contribution in [2.75, 3.05) is 0 Å². The minimum Gasteiger partial charge on any atom is -0.275 e. The van der Waals surface area contributed by atoms with E-state index in [1.165, 1.54) is 6.92 Å². The zero-order valence-electron chi connectivity index (χ0n) is 7.42. The van der Waals surface area contributed by atoms with E-state index in [-0.39, 0.29) is 10.5 Å². The minimum absolute atomic E-state index is 0.115. The summed E-state index contributed by atoms with van der Waals surface area (Å²) in [4.78, 5) is 10.4. The molecule has 3 nitrogen and oxygen atoms in total. The van der Waals surface area contributed by atoms with Crippen LogP contribution in [-0.4, -0.2) is 13.7 Å². The largest absolute Gasteiger partial charge is 0.275 e. The Hall–Kier alpha value is -0.650. The molecule has 0 aliphatic heterocycles. The SMILES string of the molecule is Cc1cc(F)c(C(=O)Cl)cc1S(=O)(=O)Cl. The van der Waals surface area contributed by atoms with Crippen molar-refractivity contribution in [3.8, 4) is 0 Å². The van der Waals surface area contributed by atoms with Gasteiger partial charge < -0.3 is 0 Å². The van der Waals surface area contributed by atoms with E-state index in [1.807, 2.05) is 0 Å². The van der Waals surface area contributed by atoms with Crippen LogP contribution in [0.2, 0.25) is 0 Å². The number of carbonyl (C=O) groups is 1. The maximum Gasteiger partial charge on any atom is 0.261 e. The van der Waals surface area contributed by atoms with Crippen molar-refractivity contribution in [2.45, 2.75) is 11.8 Å². The molecule has 15 heavy (non-hydrogen) atoms. The molecule has 0 spiro atoms. The Morgan fingerprint density at radius 3 is 2.33 bits per heavy atom. The fourth-order valence-electron chi connectivity index (χ4n) is 1.07. The zero-order valence-corrected chi connectivity index (χ0v) is 9.75. The van der Waals surface area contributed by atoms with Gasteiger partial charge in [0.2, 0.25) is 0 Å². The van der Waals surface area contributed by atoms with Gasteiger partial charge in [-0.15, -0.1) is 0 Å². The van der Waals surface area contributed by atoms with Crippen LogP contribution in [-0.2, 0) is 9.05 Å². The average molecular weight is 271 g/mol. The highest BCUT2D eigenvalue weighted by Crippen LogP contribution is 2.24. The monoisotopic (exact) mass is 270 g/mol. The lowest BCUT2D eigenvalue weighted by atomic mass is 10.1. The average Bonchev–Trinajstić information content (AvgIpc) is 2.00. The Labute approximate surface area is 95.2 Å². The van der Waals surface area contributed by atoms with Crippen molar-refractivity contribution >= 4 is 36.6 Å². The highest BCUT2D eigenvalue weighted by Gasteiger charge is 2.19. The van der Waals surface area contributed by atoms with Gasteiger partial charge in [-0.25, -0.2) is 12.8 Å². The molecule has 0 heterocycles. The molecule has 0 aliphatic carbocycles. The fraction of sp³-hybridized carbons (Fsp3) is 0.125. The van der Waals surface area contributed by atoms with Crippen LogP contribution in [0.15, 0.2) is 17.0 Å². The lowest BCUT2D eigenvalue weighted by Gasteiger charge is -2.04. The Kier molecular flexibility index (Phi) is 3.38. The van der Waals surface area contributed by atoms with Crippen LogP contribution in [0, 0.1) is 12.7 Å². The van der Waals surface area contributed by atoms with Crippen LogP contribution in [0.1, 0.15) is 15.9 Å². The van der Waals surface area contributed by atoms with Gasteiger partial charge in [-0.3, -0.25) is 4.79 Å². The maximum atomic E-state index is 13.1. The quantitative estimate of drug-likeness (QED) is 0.776. The molecular formula is C8H5Cl2FO3S. The van der Waals surface area contributed by atoms with Gasteiger partial charge >= 0.3 is 0 Å². The molecule has 7 heteroatoms. The van der Waals surface area contributed by atoms with E-state index in [4.69, 9.17) is 22.3 Å². The van der Waals surface area contributed by atoms with Gasteiger partial charge in [0.05, 0.1) is 10.5 Å². The molecule has 1 aromatic carbocycles. The number of hydrogen-bond donors (Lipinski definition) is 0. The first-order valence-corrected chi connectivity index (χ1v) is 6.37. The molecule has 0 saturated carbocycles. The number of rotatable bonds is 2. The summed E-state index contributed by atoms with van der Waals surface area (Å²) in [6.07, 6.45) is 0. The standard InChI is InChI=1S/C8H5Cl2FO3S/c1-4-2-6(11)5(8(9)12)3-7(4)15(10,13)14/h2-3H,1H3. The highest BCUT2D eigenvalue weighted by atomic mass is 35.7. The van der Waals surface area contributed by atoms with Crippen molar-refractivity contribution in [2.24, 2.45) is 0 Å². The van der Waals surface area contributed by atoms with E-state index in [2.05, 4.69) is 0 Å². The Balaban J connectivity index is 3.58. The Bertz CT molecular complexity index is 525. The van der Waals surface area contributed by atoms with Crippen LogP contribution >= 0.6 is 22.3 Å². The second-order valence-corrected chi connectivity index (χ2v) is 5.69. The van der Waals surface area contributed by atoms with Crippen LogP contribution in [0.25, 0.3) is 0 Å². The van der Waals surface area contributed by atoms with E-state index in [1.54, 1.807) is 0 Å². The van der Waals surface area contributed by atoms with Gasteiger partial charge in [-0.2, -0.15) is 0 Å². The predicted molar refractivity (Wildman–Crippen MR) is 54.4 cm³/mol. The molecule has 0 bridgehead atoms. The van der Waals surface area contributed by atoms with Gasteiger partial charge in [0.15, 0.2) is 0 Å². The Morgan fingerprint density at radius 1 is 1.40 bits per heavy atom. The Morgan fingerprint density at radius 2 is 1.93 bits per heavy atom. The third-order valence-corrected chi connectivity index (χ3v) is 3.41. The lowest BCUT2D eigenvalue weighted by Crippen LogP contribution is -2.01. The van der Waals surface area contributed by atoms with Gasteiger partial charge in [-0.1, -0.05) is 0 Å². The molecule has 0 atom stereocenters. The van der Waals surface area contributed by atoms with E-state index >= 15 is 0 Å². The summed E-state index contributed by atoms with van der Waals surface area (Å²) in [5, 5.41) is -1.07. The number of hydrogen-bond acceptors (Lipinski definition) is 3. The van der Waals surface area contributed by atoms with Crippen LogP contribution in [0.3, 0.4) is 0 Å². The molecule has 0 N–H and O–H groups in total. The van der Waals surface area contributed by atoms with Gasteiger partial charge in [-0.05, 0) is 36.2 Å². The maximum absolute atomic E-state index is 13.1. The van der Waals surface area contributed by atoms with Crippen molar-refractivity contribution in [1.82, 2.24) is 0 Å². The molecule has 0 amide bonds. The zero-order chi connectivity index (χ0) is 11.8. The molecular weight excluding hydrogens is 266 g/mol. The summed E-state index contributed by atoms with van der Waals surface area (Å²) in [6.45, 7) is 1.36. The first-order chi connectivity index (χ1) is 6.73. The molecule has 82 valence electrons. The third kappa shape index (κ3) is 2.68. The number of aryl methyl sites for hydroxylation is 1. The lowest BCUT2D eigenvalue weighted by molar-refractivity contribution is 0.107. The molecule has 0 unspecified atom stereocenters. The summed E-state index contributed by atoms with van der Waals surface area (Å²) >= 11 is 5.07. The van der Waals surface area contributed by atoms with Gasteiger partial charge in [0, 0.05) is 10.7 Å². The number of halogens is 3. The van der Waals surface area contributed by atoms with Crippen LogP contribution in [0.5, 0.6) is 0 Å². The fourth-order valence-corrected chi connectivity index (χ4v) is 2.41. The van der Waals surface area contributed by atoms with E-state index < -0.39 is 25.7 Å². The summed E-state index contributed by atoms with van der Waals surface area (Å²) in [6, 6.07) is 1.72. The van der Waals surface area contributed by atoms with Gasteiger partial charge in [0.1, 0.15) is 5.82 Å². The molecule has 0 radical (unpaired) electrons. The molecule has 0 aromatic heterocycles. The second kappa shape index (κ2) is 4.08. The molecule has 0 fully saturated rings.